The van der Waals surface area contributed by atoms with E-state index in [0.717, 1.165) is 40.9 Å². The number of ether oxygens (including phenoxy) is 2. The number of aliphatic hydroxyl groups is 3. The van der Waals surface area contributed by atoms with Crippen LogP contribution in [-0.4, -0.2) is 58.3 Å². The minimum Gasteiger partial charge on any atom is -0.393 e. The molecule has 5 aliphatic rings. The van der Waals surface area contributed by atoms with Gasteiger partial charge < -0.3 is 29.7 Å². The highest BCUT2D eigenvalue weighted by Gasteiger charge is 2.75. The summed E-state index contributed by atoms with van der Waals surface area (Å²) in [5, 5.41) is 31.7. The molecule has 4 fully saturated rings. The standard InChI is InChI=1S/C36H41NO7/c1-34-13-12-26(40)16-23(34)10-11-27-28-17-31-36(30(42)20-39,35(28,2)18-29(41)32(27)34)44-33(43-31)22-7-5-9-25(15-22)37(3)24-8-4-6-21(14-24)19-38/h4-9,12-16,27-29,31-33,38-39,41H,10-11,17-20H2,1-3H3/t27-,28-,29-,31+,32+,33+,34-,35-,36+/m0/s1. The fourth-order valence-corrected chi connectivity index (χ4v) is 9.73. The molecule has 232 valence electrons. The van der Waals surface area contributed by atoms with Crippen molar-refractivity contribution >= 4 is 22.9 Å². The number of aliphatic hydroxyl groups excluding tert-OH is 3. The number of ketones is 2. The van der Waals surface area contributed by atoms with Crippen LogP contribution in [0.2, 0.25) is 0 Å². The van der Waals surface area contributed by atoms with Gasteiger partial charge >= 0.3 is 0 Å². The van der Waals surface area contributed by atoms with Gasteiger partial charge in [0.05, 0.1) is 18.8 Å². The number of benzene rings is 2. The second-order valence-corrected chi connectivity index (χ2v) is 13.8. The molecule has 0 amide bonds. The van der Waals surface area contributed by atoms with Crippen molar-refractivity contribution in [2.75, 3.05) is 18.6 Å². The summed E-state index contributed by atoms with van der Waals surface area (Å²) in [5.41, 5.74) is 1.90. The van der Waals surface area contributed by atoms with Crippen molar-refractivity contribution in [3.8, 4) is 0 Å². The number of carbonyl (C=O) groups excluding carboxylic acids is 2. The summed E-state index contributed by atoms with van der Waals surface area (Å²) in [6.07, 6.45) is 5.76. The molecule has 1 aliphatic heterocycles. The van der Waals surface area contributed by atoms with E-state index in [-0.39, 0.29) is 30.1 Å². The Morgan fingerprint density at radius 1 is 1.09 bits per heavy atom. The lowest BCUT2D eigenvalue weighted by Gasteiger charge is -2.59. The lowest BCUT2D eigenvalue weighted by Crippen LogP contribution is -2.63. The van der Waals surface area contributed by atoms with Gasteiger partial charge in [0.15, 0.2) is 23.5 Å². The van der Waals surface area contributed by atoms with Crippen LogP contribution in [0.3, 0.4) is 0 Å². The fourth-order valence-electron chi connectivity index (χ4n) is 9.73. The predicted octanol–water partition coefficient (Wildman–Crippen LogP) is 4.55. The first-order valence-electron chi connectivity index (χ1n) is 15.7. The second kappa shape index (κ2) is 10.5. The normalized spacial score (nSPS) is 38.8. The van der Waals surface area contributed by atoms with Crippen LogP contribution >= 0.6 is 0 Å². The molecule has 0 bridgehead atoms. The van der Waals surface area contributed by atoms with Crippen LogP contribution in [-0.2, 0) is 25.7 Å². The molecule has 2 aromatic rings. The zero-order valence-corrected chi connectivity index (χ0v) is 25.5. The Morgan fingerprint density at radius 2 is 1.84 bits per heavy atom. The molecule has 0 spiro atoms. The van der Waals surface area contributed by atoms with Crippen LogP contribution in [0, 0.1) is 28.6 Å². The highest BCUT2D eigenvalue weighted by Crippen LogP contribution is 2.70. The van der Waals surface area contributed by atoms with Crippen LogP contribution in [0.1, 0.15) is 56.9 Å². The molecule has 2 aromatic carbocycles. The lowest BCUT2D eigenvalue weighted by atomic mass is 9.46. The van der Waals surface area contributed by atoms with E-state index in [1.807, 2.05) is 73.5 Å². The molecule has 8 nitrogen and oxygen atoms in total. The first-order chi connectivity index (χ1) is 21.1. The molecule has 44 heavy (non-hydrogen) atoms. The Labute approximate surface area is 258 Å². The topological polar surface area (TPSA) is 117 Å². The van der Waals surface area contributed by atoms with Gasteiger partial charge in [0.1, 0.15) is 6.61 Å². The third kappa shape index (κ3) is 4.08. The van der Waals surface area contributed by atoms with E-state index >= 15 is 0 Å². The Kier molecular flexibility index (Phi) is 7.03. The molecular weight excluding hydrogens is 558 g/mol. The summed E-state index contributed by atoms with van der Waals surface area (Å²) < 4.78 is 13.4. The highest BCUT2D eigenvalue weighted by molar-refractivity contribution is 6.01. The number of rotatable bonds is 6. The van der Waals surface area contributed by atoms with E-state index in [1.165, 1.54) is 0 Å². The van der Waals surface area contributed by atoms with Crippen molar-refractivity contribution in [3.05, 3.63) is 83.5 Å². The minimum absolute atomic E-state index is 0.00394. The van der Waals surface area contributed by atoms with Crippen LogP contribution in [0.15, 0.2) is 72.3 Å². The Morgan fingerprint density at radius 3 is 2.59 bits per heavy atom. The molecule has 9 atom stereocenters. The van der Waals surface area contributed by atoms with Crippen molar-refractivity contribution in [2.45, 2.75) is 70.2 Å². The average molecular weight is 600 g/mol. The van der Waals surface area contributed by atoms with Crippen LogP contribution in [0.4, 0.5) is 11.4 Å². The minimum atomic E-state index is -1.39. The number of Topliss-reactive ketones (excluding diaryl/α,β-unsaturated/α-hetero) is 1. The van der Waals surface area contributed by atoms with E-state index in [0.29, 0.717) is 12.8 Å². The number of allylic oxidation sites excluding steroid dienone is 4. The number of carbonyl (C=O) groups is 2. The summed E-state index contributed by atoms with van der Waals surface area (Å²) in [5.74, 6) is -0.346. The molecule has 1 saturated heterocycles. The highest BCUT2D eigenvalue weighted by atomic mass is 16.7. The van der Waals surface area contributed by atoms with E-state index in [4.69, 9.17) is 9.47 Å². The van der Waals surface area contributed by atoms with E-state index < -0.39 is 47.3 Å². The first-order valence-corrected chi connectivity index (χ1v) is 15.7. The Balaban J connectivity index is 1.21. The summed E-state index contributed by atoms with van der Waals surface area (Å²) in [7, 11) is 1.95. The fraction of sp³-hybridized carbons (Fsp3) is 0.500. The Hall–Kier alpha value is -3.14. The van der Waals surface area contributed by atoms with E-state index in [1.54, 1.807) is 12.2 Å². The monoisotopic (exact) mass is 599 g/mol. The summed E-state index contributed by atoms with van der Waals surface area (Å²) in [6, 6.07) is 15.5. The van der Waals surface area contributed by atoms with Crippen molar-refractivity contribution < 1.29 is 34.4 Å². The lowest BCUT2D eigenvalue weighted by molar-refractivity contribution is -0.201. The zero-order chi connectivity index (χ0) is 31.0. The average Bonchev–Trinajstić information content (AvgIpc) is 3.53. The number of hydrogen-bond donors (Lipinski definition) is 3. The zero-order valence-electron chi connectivity index (χ0n) is 25.5. The molecule has 4 aliphatic carbocycles. The van der Waals surface area contributed by atoms with Crippen molar-refractivity contribution in [1.29, 1.82) is 0 Å². The predicted molar refractivity (Wildman–Crippen MR) is 164 cm³/mol. The Bertz CT molecular complexity index is 1570. The molecular formula is C36H41NO7. The molecule has 3 saturated carbocycles. The number of fused-ring (bicyclic) bond motifs is 7. The summed E-state index contributed by atoms with van der Waals surface area (Å²) >= 11 is 0. The van der Waals surface area contributed by atoms with Gasteiger partial charge in [0, 0.05) is 40.7 Å². The maximum atomic E-state index is 13.8. The quantitative estimate of drug-likeness (QED) is 0.443. The number of nitrogens with zero attached hydrogens (tertiary/aromatic N) is 1. The van der Waals surface area contributed by atoms with Gasteiger partial charge in [-0.1, -0.05) is 49.8 Å². The molecule has 0 radical (unpaired) electrons. The van der Waals surface area contributed by atoms with Gasteiger partial charge in [-0.25, -0.2) is 0 Å². The van der Waals surface area contributed by atoms with Crippen LogP contribution in [0.25, 0.3) is 0 Å². The molecule has 0 aromatic heterocycles. The van der Waals surface area contributed by atoms with Crippen LogP contribution < -0.4 is 4.90 Å². The van der Waals surface area contributed by atoms with Crippen molar-refractivity contribution in [3.63, 3.8) is 0 Å². The first kappa shape index (κ1) is 29.6. The van der Waals surface area contributed by atoms with Gasteiger partial charge in [-0.05, 0) is 79.5 Å². The molecule has 0 unspecified atom stereocenters. The molecule has 7 rings (SSSR count). The van der Waals surface area contributed by atoms with Gasteiger partial charge in [0.25, 0.3) is 0 Å². The largest absolute Gasteiger partial charge is 0.393 e. The number of hydrogen-bond acceptors (Lipinski definition) is 8. The summed E-state index contributed by atoms with van der Waals surface area (Å²) in [6.45, 7) is 3.46. The third-order valence-corrected chi connectivity index (χ3v) is 11.8. The second-order valence-electron chi connectivity index (χ2n) is 13.8. The van der Waals surface area contributed by atoms with Gasteiger partial charge in [0.2, 0.25) is 0 Å². The van der Waals surface area contributed by atoms with Gasteiger partial charge in [-0.3, -0.25) is 9.59 Å². The van der Waals surface area contributed by atoms with Gasteiger partial charge in [-0.2, -0.15) is 0 Å². The third-order valence-electron chi connectivity index (χ3n) is 11.8. The number of anilines is 2. The smallest absolute Gasteiger partial charge is 0.193 e. The maximum Gasteiger partial charge on any atom is 0.193 e. The van der Waals surface area contributed by atoms with E-state index in [9.17, 15) is 24.9 Å². The van der Waals surface area contributed by atoms with E-state index in [2.05, 4.69) is 6.92 Å². The van der Waals surface area contributed by atoms with Crippen LogP contribution in [0.5, 0.6) is 0 Å². The molecule has 8 heteroatoms. The maximum absolute atomic E-state index is 13.8. The molecule has 1 heterocycles. The van der Waals surface area contributed by atoms with Gasteiger partial charge in [-0.15, -0.1) is 0 Å². The SMILES string of the molecule is CN(c1cccc(CO)c1)c1cccc([C@@H]2O[C@@H]3C[C@H]4[C@@H]5CCC6=CC(=O)C=C[C@]6(C)[C@H]5[C@@H](O)C[C@]4(C)[C@]3(C(=O)CO)O2)c1. The summed E-state index contributed by atoms with van der Waals surface area (Å²) in [4.78, 5) is 28.1. The van der Waals surface area contributed by atoms with Crippen molar-refractivity contribution in [2.24, 2.45) is 28.6 Å². The molecule has 3 N–H and O–H groups in total. The van der Waals surface area contributed by atoms with Crippen molar-refractivity contribution in [1.82, 2.24) is 0 Å².